The van der Waals surface area contributed by atoms with Gasteiger partial charge in [-0.3, -0.25) is 0 Å². The predicted molar refractivity (Wildman–Crippen MR) is 77.1 cm³/mol. The first-order valence-electron chi connectivity index (χ1n) is 6.02. The summed E-state index contributed by atoms with van der Waals surface area (Å²) in [5.41, 5.74) is 7.87. The standard InChI is InChI=1S/C17H16O2/c1-4-16(18-2)15-11-10-14(12-17(15)19-3)13-8-6-5-7-9-13/h5-6,8-13H,1H2,2-3H3. The minimum Gasteiger partial charge on any atom is -0.496 e. The third kappa shape index (κ3) is 2.71. The van der Waals surface area contributed by atoms with Gasteiger partial charge in [-0.05, 0) is 29.8 Å². The van der Waals surface area contributed by atoms with Crippen molar-refractivity contribution in [2.24, 2.45) is 0 Å². The van der Waals surface area contributed by atoms with E-state index < -0.39 is 0 Å². The molecule has 0 aromatic heterocycles. The number of benzene rings is 1. The van der Waals surface area contributed by atoms with Crippen LogP contribution < -0.4 is 4.74 Å². The highest BCUT2D eigenvalue weighted by molar-refractivity contribution is 5.66. The quantitative estimate of drug-likeness (QED) is 0.599. The van der Waals surface area contributed by atoms with Crippen molar-refractivity contribution < 1.29 is 9.47 Å². The Morgan fingerprint density at radius 2 is 2.21 bits per heavy atom. The van der Waals surface area contributed by atoms with Crippen LogP contribution in [0, 0.1) is 0 Å². The summed E-state index contributed by atoms with van der Waals surface area (Å²) in [7, 11) is 3.24. The largest absolute Gasteiger partial charge is 0.496 e. The average molecular weight is 252 g/mol. The van der Waals surface area contributed by atoms with E-state index in [1.54, 1.807) is 14.2 Å². The van der Waals surface area contributed by atoms with E-state index in [1.807, 2.05) is 36.4 Å². The van der Waals surface area contributed by atoms with Gasteiger partial charge in [-0.1, -0.05) is 30.5 Å². The number of methoxy groups -OCH3 is 2. The van der Waals surface area contributed by atoms with Crippen molar-refractivity contribution >= 4 is 5.76 Å². The minimum atomic E-state index is 0.228. The highest BCUT2D eigenvalue weighted by Gasteiger charge is 2.13. The highest BCUT2D eigenvalue weighted by Crippen LogP contribution is 2.31. The Balaban J connectivity index is 2.44. The average Bonchev–Trinajstić information content (AvgIpc) is 2.49. The summed E-state index contributed by atoms with van der Waals surface area (Å²) in [6.45, 7) is 3.62. The molecule has 2 nitrogen and oxygen atoms in total. The Hall–Kier alpha value is -2.40. The maximum atomic E-state index is 5.43. The molecule has 0 N–H and O–H groups in total. The Morgan fingerprint density at radius 3 is 2.79 bits per heavy atom. The van der Waals surface area contributed by atoms with Crippen molar-refractivity contribution in [3.63, 3.8) is 0 Å². The normalized spacial score (nSPS) is 16.0. The van der Waals surface area contributed by atoms with Crippen LogP contribution in [0.3, 0.4) is 0 Å². The molecule has 0 fully saturated rings. The lowest BCUT2D eigenvalue weighted by molar-refractivity contribution is 0.362. The topological polar surface area (TPSA) is 18.5 Å². The Labute approximate surface area is 113 Å². The number of hydrogen-bond donors (Lipinski definition) is 0. The zero-order valence-corrected chi connectivity index (χ0v) is 11.1. The molecule has 0 heterocycles. The molecule has 1 aromatic rings. The van der Waals surface area contributed by atoms with E-state index in [9.17, 15) is 0 Å². The van der Waals surface area contributed by atoms with E-state index in [1.165, 1.54) is 0 Å². The van der Waals surface area contributed by atoms with Crippen LogP contribution in [0.2, 0.25) is 0 Å². The van der Waals surface area contributed by atoms with Crippen molar-refractivity contribution in [2.75, 3.05) is 14.2 Å². The van der Waals surface area contributed by atoms with Gasteiger partial charge in [0.15, 0.2) is 5.76 Å². The molecule has 0 saturated carbocycles. The number of allylic oxidation sites excluding steroid dienone is 3. The highest BCUT2D eigenvalue weighted by atomic mass is 16.5. The van der Waals surface area contributed by atoms with Crippen LogP contribution in [0.4, 0.5) is 0 Å². The summed E-state index contributed by atoms with van der Waals surface area (Å²) < 4.78 is 10.7. The van der Waals surface area contributed by atoms with Crippen molar-refractivity contribution in [1.82, 2.24) is 0 Å². The molecule has 2 rings (SSSR count). The monoisotopic (exact) mass is 252 g/mol. The van der Waals surface area contributed by atoms with Gasteiger partial charge in [0.25, 0.3) is 0 Å². The van der Waals surface area contributed by atoms with Crippen LogP contribution >= 0.6 is 0 Å². The maximum Gasteiger partial charge on any atom is 0.172 e. The molecule has 0 spiro atoms. The fraction of sp³-hybridized carbons (Fsp3) is 0.176. The first-order valence-corrected chi connectivity index (χ1v) is 6.02. The molecule has 96 valence electrons. The van der Waals surface area contributed by atoms with Gasteiger partial charge in [0.05, 0.1) is 19.8 Å². The molecule has 0 bridgehead atoms. The molecule has 1 aliphatic rings. The molecule has 0 amide bonds. The van der Waals surface area contributed by atoms with E-state index in [4.69, 9.17) is 9.47 Å². The molecule has 19 heavy (non-hydrogen) atoms. The van der Waals surface area contributed by atoms with Crippen LogP contribution in [0.1, 0.15) is 17.0 Å². The predicted octanol–water partition coefficient (Wildman–Crippen LogP) is 3.83. The molecular formula is C17H16O2. The molecule has 2 heteroatoms. The first-order chi connectivity index (χ1) is 9.30. The van der Waals surface area contributed by atoms with Crippen LogP contribution in [-0.2, 0) is 4.74 Å². The zero-order valence-electron chi connectivity index (χ0n) is 11.1. The number of hydrogen-bond acceptors (Lipinski definition) is 2. The second-order valence-electron chi connectivity index (χ2n) is 4.08. The Morgan fingerprint density at radius 1 is 1.37 bits per heavy atom. The SMILES string of the molecule is C=C=C(OC)c1ccc(C2C=C=CC=C2)cc1OC. The fourth-order valence-corrected chi connectivity index (χ4v) is 2.03. The first kappa shape index (κ1) is 13.0. The molecular weight excluding hydrogens is 236 g/mol. The van der Waals surface area contributed by atoms with Crippen molar-refractivity contribution in [3.8, 4) is 5.75 Å². The number of ether oxygens (including phenoxy) is 2. The summed E-state index contributed by atoms with van der Waals surface area (Å²) in [4.78, 5) is 0. The zero-order chi connectivity index (χ0) is 13.7. The summed E-state index contributed by atoms with van der Waals surface area (Å²) in [5, 5.41) is 0. The van der Waals surface area contributed by atoms with Crippen molar-refractivity contribution in [2.45, 2.75) is 5.92 Å². The molecule has 1 aliphatic carbocycles. The van der Waals surface area contributed by atoms with Gasteiger partial charge >= 0.3 is 0 Å². The van der Waals surface area contributed by atoms with Gasteiger partial charge < -0.3 is 9.47 Å². The molecule has 0 saturated heterocycles. The molecule has 0 radical (unpaired) electrons. The van der Waals surface area contributed by atoms with Crippen LogP contribution in [0.25, 0.3) is 5.76 Å². The minimum absolute atomic E-state index is 0.228. The van der Waals surface area contributed by atoms with Crippen LogP contribution in [-0.4, -0.2) is 14.2 Å². The van der Waals surface area contributed by atoms with Gasteiger partial charge in [-0.2, -0.15) is 0 Å². The van der Waals surface area contributed by atoms with E-state index in [-0.39, 0.29) is 5.92 Å². The van der Waals surface area contributed by atoms with E-state index in [2.05, 4.69) is 24.1 Å². The number of rotatable bonds is 4. The lowest BCUT2D eigenvalue weighted by Gasteiger charge is -2.14. The smallest absolute Gasteiger partial charge is 0.172 e. The Bertz CT molecular complexity index is 610. The Kier molecular flexibility index (Phi) is 4.10. The van der Waals surface area contributed by atoms with Gasteiger partial charge in [0.1, 0.15) is 5.75 Å². The second-order valence-corrected chi connectivity index (χ2v) is 4.08. The molecule has 0 aliphatic heterocycles. The van der Waals surface area contributed by atoms with Gasteiger partial charge in [-0.25, -0.2) is 0 Å². The van der Waals surface area contributed by atoms with Crippen molar-refractivity contribution in [1.29, 1.82) is 0 Å². The maximum absolute atomic E-state index is 5.43. The summed E-state index contributed by atoms with van der Waals surface area (Å²) in [6, 6.07) is 6.02. The van der Waals surface area contributed by atoms with Crippen LogP contribution in [0.5, 0.6) is 5.75 Å². The summed E-state index contributed by atoms with van der Waals surface area (Å²) >= 11 is 0. The van der Waals surface area contributed by atoms with Gasteiger partial charge in [0, 0.05) is 5.92 Å². The fourth-order valence-electron chi connectivity index (χ4n) is 2.03. The second kappa shape index (κ2) is 5.97. The lowest BCUT2D eigenvalue weighted by atomic mass is 9.95. The molecule has 1 unspecified atom stereocenters. The van der Waals surface area contributed by atoms with Gasteiger partial charge in [0.2, 0.25) is 0 Å². The van der Waals surface area contributed by atoms with Gasteiger partial charge in [-0.15, -0.1) is 5.73 Å². The third-order valence-corrected chi connectivity index (χ3v) is 3.01. The lowest BCUT2D eigenvalue weighted by Crippen LogP contribution is -1.98. The van der Waals surface area contributed by atoms with E-state index >= 15 is 0 Å². The molecule has 1 aromatic carbocycles. The van der Waals surface area contributed by atoms with E-state index in [0.717, 1.165) is 16.9 Å². The van der Waals surface area contributed by atoms with Crippen molar-refractivity contribution in [3.05, 3.63) is 71.7 Å². The summed E-state index contributed by atoms with van der Waals surface area (Å²) in [6.07, 6.45) is 8.03. The molecule has 1 atom stereocenters. The third-order valence-electron chi connectivity index (χ3n) is 3.01. The summed E-state index contributed by atoms with van der Waals surface area (Å²) in [5.74, 6) is 1.56. The van der Waals surface area contributed by atoms with E-state index in [0.29, 0.717) is 5.76 Å². The van der Waals surface area contributed by atoms with Crippen LogP contribution in [0.15, 0.2) is 60.5 Å².